The number of aliphatic hydroxyl groups is 1. The van der Waals surface area contributed by atoms with E-state index in [-0.39, 0.29) is 6.10 Å². The summed E-state index contributed by atoms with van der Waals surface area (Å²) in [4.78, 5) is 6.91. The van der Waals surface area contributed by atoms with Gasteiger partial charge in [0.1, 0.15) is 5.65 Å². The van der Waals surface area contributed by atoms with Gasteiger partial charge in [-0.15, -0.1) is 0 Å². The van der Waals surface area contributed by atoms with Gasteiger partial charge in [0.25, 0.3) is 0 Å². The number of nitrogens with zero attached hydrogens (tertiary/aromatic N) is 3. The predicted molar refractivity (Wildman–Crippen MR) is 75.0 cm³/mol. The Hall–Kier alpha value is -1.39. The van der Waals surface area contributed by atoms with Crippen molar-refractivity contribution in [1.82, 2.24) is 14.3 Å². The van der Waals surface area contributed by atoms with Crippen LogP contribution in [-0.4, -0.2) is 38.6 Å². The second-order valence-electron chi connectivity index (χ2n) is 5.66. The topological polar surface area (TPSA) is 40.8 Å². The van der Waals surface area contributed by atoms with E-state index in [2.05, 4.69) is 39.5 Å². The van der Waals surface area contributed by atoms with Crippen LogP contribution in [0.3, 0.4) is 0 Å². The number of hydrogen-bond acceptors (Lipinski definition) is 3. The van der Waals surface area contributed by atoms with E-state index in [9.17, 15) is 5.11 Å². The lowest BCUT2D eigenvalue weighted by molar-refractivity contribution is 0.127. The van der Waals surface area contributed by atoms with Crippen LogP contribution in [0.5, 0.6) is 0 Å². The number of aliphatic hydroxyl groups excluding tert-OH is 1. The molecule has 1 fully saturated rings. The molecule has 0 saturated carbocycles. The number of imidazole rings is 1. The number of hydrogen-bond donors (Lipinski definition) is 1. The van der Waals surface area contributed by atoms with Crippen molar-refractivity contribution in [2.45, 2.75) is 32.9 Å². The van der Waals surface area contributed by atoms with Crippen LogP contribution < -0.4 is 0 Å². The van der Waals surface area contributed by atoms with E-state index in [0.29, 0.717) is 5.92 Å². The van der Waals surface area contributed by atoms with E-state index >= 15 is 0 Å². The summed E-state index contributed by atoms with van der Waals surface area (Å²) in [6.07, 6.45) is 4.94. The summed E-state index contributed by atoms with van der Waals surface area (Å²) in [7, 11) is 0. The molecule has 0 aromatic carbocycles. The zero-order valence-corrected chi connectivity index (χ0v) is 11.6. The van der Waals surface area contributed by atoms with Crippen molar-refractivity contribution in [3.8, 4) is 0 Å². The van der Waals surface area contributed by atoms with E-state index in [4.69, 9.17) is 0 Å². The summed E-state index contributed by atoms with van der Waals surface area (Å²) in [5, 5.41) is 9.66. The van der Waals surface area contributed by atoms with Crippen LogP contribution in [0.4, 0.5) is 0 Å². The molecule has 19 heavy (non-hydrogen) atoms. The Morgan fingerprint density at radius 3 is 3.11 bits per heavy atom. The van der Waals surface area contributed by atoms with Gasteiger partial charge in [-0.2, -0.15) is 0 Å². The van der Waals surface area contributed by atoms with Crippen molar-refractivity contribution in [1.29, 1.82) is 0 Å². The Morgan fingerprint density at radius 1 is 1.53 bits per heavy atom. The lowest BCUT2D eigenvalue weighted by Gasteiger charge is -2.17. The molecule has 2 unspecified atom stereocenters. The summed E-state index contributed by atoms with van der Waals surface area (Å²) in [6, 6.07) is 4.15. The lowest BCUT2D eigenvalue weighted by Crippen LogP contribution is -2.24. The van der Waals surface area contributed by atoms with Crippen molar-refractivity contribution in [2.75, 3.05) is 13.1 Å². The number of aromatic nitrogens is 2. The number of likely N-dealkylation sites (tertiary alicyclic amines) is 1. The molecule has 102 valence electrons. The molecule has 2 aromatic heterocycles. The van der Waals surface area contributed by atoms with Crippen LogP contribution in [0.2, 0.25) is 0 Å². The van der Waals surface area contributed by atoms with Crippen LogP contribution in [0.15, 0.2) is 24.5 Å². The Balaban J connectivity index is 1.78. The fourth-order valence-electron chi connectivity index (χ4n) is 2.95. The number of rotatable bonds is 3. The molecule has 0 radical (unpaired) electrons. The van der Waals surface area contributed by atoms with Gasteiger partial charge in [-0.25, -0.2) is 4.98 Å². The third kappa shape index (κ3) is 2.38. The second kappa shape index (κ2) is 4.94. The largest absolute Gasteiger partial charge is 0.393 e. The molecule has 4 nitrogen and oxygen atoms in total. The van der Waals surface area contributed by atoms with Crippen molar-refractivity contribution >= 4 is 5.65 Å². The molecule has 0 spiro atoms. The molecule has 3 rings (SSSR count). The van der Waals surface area contributed by atoms with E-state index in [1.807, 2.05) is 13.1 Å². The van der Waals surface area contributed by atoms with Gasteiger partial charge in [0, 0.05) is 19.3 Å². The highest BCUT2D eigenvalue weighted by atomic mass is 16.3. The number of aryl methyl sites for hydroxylation is 1. The molecule has 2 atom stereocenters. The minimum absolute atomic E-state index is 0.200. The first-order chi connectivity index (χ1) is 9.15. The van der Waals surface area contributed by atoms with Gasteiger partial charge in [-0.3, -0.25) is 4.90 Å². The van der Waals surface area contributed by atoms with E-state index in [1.54, 1.807) is 0 Å². The van der Waals surface area contributed by atoms with Crippen molar-refractivity contribution in [2.24, 2.45) is 5.92 Å². The number of fused-ring (bicyclic) bond motifs is 1. The Labute approximate surface area is 113 Å². The van der Waals surface area contributed by atoms with Crippen molar-refractivity contribution in [3.63, 3.8) is 0 Å². The normalized spacial score (nSPS) is 22.2. The predicted octanol–water partition coefficient (Wildman–Crippen LogP) is 1.85. The maximum atomic E-state index is 9.66. The molecule has 1 saturated heterocycles. The van der Waals surface area contributed by atoms with Gasteiger partial charge in [0.15, 0.2) is 0 Å². The third-order valence-corrected chi connectivity index (χ3v) is 4.18. The molecule has 2 aromatic rings. The SMILES string of the molecule is Cc1cccn2c(CN3CCC(C(C)O)C3)cnc12. The van der Waals surface area contributed by atoms with Gasteiger partial charge in [-0.05, 0) is 44.4 Å². The van der Waals surface area contributed by atoms with Gasteiger partial charge in [-0.1, -0.05) is 6.07 Å². The van der Waals surface area contributed by atoms with E-state index in [1.165, 1.54) is 11.3 Å². The first kappa shape index (κ1) is 12.6. The monoisotopic (exact) mass is 259 g/mol. The van der Waals surface area contributed by atoms with Crippen LogP contribution in [0.25, 0.3) is 5.65 Å². The Morgan fingerprint density at radius 2 is 2.37 bits per heavy atom. The first-order valence-corrected chi connectivity index (χ1v) is 6.97. The lowest BCUT2D eigenvalue weighted by atomic mass is 10.0. The quantitative estimate of drug-likeness (QED) is 0.914. The second-order valence-corrected chi connectivity index (χ2v) is 5.66. The highest BCUT2D eigenvalue weighted by Gasteiger charge is 2.26. The van der Waals surface area contributed by atoms with Crippen molar-refractivity contribution in [3.05, 3.63) is 35.8 Å². The highest BCUT2D eigenvalue weighted by Crippen LogP contribution is 2.22. The average molecular weight is 259 g/mol. The van der Waals surface area contributed by atoms with E-state index < -0.39 is 0 Å². The average Bonchev–Trinajstić information content (AvgIpc) is 2.98. The van der Waals surface area contributed by atoms with Gasteiger partial charge in [0.2, 0.25) is 0 Å². The van der Waals surface area contributed by atoms with Crippen LogP contribution in [0.1, 0.15) is 24.6 Å². The molecular formula is C15H21N3O. The molecule has 1 N–H and O–H groups in total. The van der Waals surface area contributed by atoms with Crippen LogP contribution in [-0.2, 0) is 6.54 Å². The molecule has 0 amide bonds. The minimum Gasteiger partial charge on any atom is -0.393 e. The molecule has 3 heterocycles. The molecule has 4 heteroatoms. The van der Waals surface area contributed by atoms with Crippen molar-refractivity contribution < 1.29 is 5.11 Å². The highest BCUT2D eigenvalue weighted by molar-refractivity contribution is 5.48. The summed E-state index contributed by atoms with van der Waals surface area (Å²) < 4.78 is 2.17. The van der Waals surface area contributed by atoms with Gasteiger partial charge in [0.05, 0.1) is 18.0 Å². The maximum Gasteiger partial charge on any atom is 0.139 e. The minimum atomic E-state index is -0.200. The smallest absolute Gasteiger partial charge is 0.139 e. The Bertz CT molecular complexity index is 576. The van der Waals surface area contributed by atoms with Gasteiger partial charge < -0.3 is 9.51 Å². The molecule has 1 aliphatic rings. The summed E-state index contributed by atoms with van der Waals surface area (Å²) in [6.45, 7) is 6.94. The Kier molecular flexibility index (Phi) is 3.29. The first-order valence-electron chi connectivity index (χ1n) is 6.97. The fraction of sp³-hybridized carbons (Fsp3) is 0.533. The number of pyridine rings is 1. The van der Waals surface area contributed by atoms with Gasteiger partial charge >= 0.3 is 0 Å². The zero-order valence-electron chi connectivity index (χ0n) is 11.6. The zero-order chi connectivity index (χ0) is 13.4. The maximum absolute atomic E-state index is 9.66. The fourth-order valence-corrected chi connectivity index (χ4v) is 2.95. The van der Waals surface area contributed by atoms with E-state index in [0.717, 1.165) is 31.7 Å². The summed E-state index contributed by atoms with van der Waals surface area (Å²) in [5.41, 5.74) is 3.48. The summed E-state index contributed by atoms with van der Waals surface area (Å²) in [5.74, 6) is 0.418. The molecule has 0 bridgehead atoms. The molecular weight excluding hydrogens is 238 g/mol. The van der Waals surface area contributed by atoms with Crippen LogP contribution in [0, 0.1) is 12.8 Å². The summed E-state index contributed by atoms with van der Waals surface area (Å²) >= 11 is 0. The standard InChI is InChI=1S/C15H21N3O/c1-11-4-3-6-18-14(8-16-15(11)18)10-17-7-5-13(9-17)12(2)19/h3-4,6,8,12-13,19H,5,7,9-10H2,1-2H3. The molecule has 1 aliphatic heterocycles. The van der Waals surface area contributed by atoms with Crippen LogP contribution >= 0.6 is 0 Å². The molecule has 0 aliphatic carbocycles. The third-order valence-electron chi connectivity index (χ3n) is 4.18.